The van der Waals surface area contributed by atoms with Gasteiger partial charge in [0.05, 0.1) is 5.25 Å². The summed E-state index contributed by atoms with van der Waals surface area (Å²) < 4.78 is 0. The van der Waals surface area contributed by atoms with Gasteiger partial charge in [0.25, 0.3) is 0 Å². The third kappa shape index (κ3) is 5.84. The molecule has 0 aromatic heterocycles. The molecule has 0 radical (unpaired) electrons. The van der Waals surface area contributed by atoms with Crippen LogP contribution >= 0.6 is 11.8 Å². The summed E-state index contributed by atoms with van der Waals surface area (Å²) in [6.07, 6.45) is 2.43. The van der Waals surface area contributed by atoms with Crippen LogP contribution < -0.4 is 10.6 Å². The van der Waals surface area contributed by atoms with Crippen LogP contribution in [0.4, 0.5) is 11.4 Å². The molecule has 0 fully saturated rings. The van der Waals surface area contributed by atoms with Gasteiger partial charge in [0, 0.05) is 28.1 Å². The van der Waals surface area contributed by atoms with Crippen LogP contribution in [0.3, 0.4) is 0 Å². The summed E-state index contributed by atoms with van der Waals surface area (Å²) in [7, 11) is 0. The molecule has 0 saturated carbocycles. The number of hydrogen-bond donors (Lipinski definition) is 2. The average molecular weight is 407 g/mol. The van der Waals surface area contributed by atoms with E-state index in [-0.39, 0.29) is 17.1 Å². The van der Waals surface area contributed by atoms with E-state index >= 15 is 0 Å². The molecule has 29 heavy (non-hydrogen) atoms. The minimum atomic E-state index is -0.251. The number of carbonyl (C=O) groups excluding carboxylic acids is 2. The van der Waals surface area contributed by atoms with E-state index in [0.717, 1.165) is 39.9 Å². The van der Waals surface area contributed by atoms with E-state index in [0.29, 0.717) is 6.42 Å². The lowest BCUT2D eigenvalue weighted by Crippen LogP contribution is -2.22. The highest BCUT2D eigenvalue weighted by molar-refractivity contribution is 8.00. The molecule has 2 N–H and O–H groups in total. The van der Waals surface area contributed by atoms with E-state index in [1.165, 1.54) is 11.8 Å². The van der Waals surface area contributed by atoms with Gasteiger partial charge in [-0.25, -0.2) is 0 Å². The largest absolute Gasteiger partial charge is 0.326 e. The minimum Gasteiger partial charge on any atom is -0.326 e. The van der Waals surface area contributed by atoms with Gasteiger partial charge in [0.2, 0.25) is 11.8 Å². The lowest BCUT2D eigenvalue weighted by atomic mass is 10.1. The standard InChI is InChI=1S/C24H26N2O2S/c1-3-4-12-23(27)25-19-13-15-20(16-14-19)29-17(2)24(28)26-22-11-7-9-18-8-5-6-10-21(18)22/h5-11,13-17H,3-4,12H2,1-2H3,(H,25,27)(H,26,28). The Morgan fingerprint density at radius 2 is 1.66 bits per heavy atom. The van der Waals surface area contributed by atoms with Gasteiger partial charge in [-0.1, -0.05) is 49.7 Å². The number of carbonyl (C=O) groups is 2. The van der Waals surface area contributed by atoms with E-state index in [2.05, 4.69) is 17.6 Å². The molecule has 1 atom stereocenters. The molecule has 2 amide bonds. The highest BCUT2D eigenvalue weighted by atomic mass is 32.2. The molecule has 0 aliphatic carbocycles. The number of hydrogen-bond acceptors (Lipinski definition) is 3. The van der Waals surface area contributed by atoms with Gasteiger partial charge in [0.1, 0.15) is 0 Å². The van der Waals surface area contributed by atoms with Crippen molar-refractivity contribution in [1.29, 1.82) is 0 Å². The van der Waals surface area contributed by atoms with E-state index in [1.54, 1.807) is 0 Å². The zero-order valence-electron chi connectivity index (χ0n) is 16.8. The summed E-state index contributed by atoms with van der Waals surface area (Å²) in [5, 5.41) is 7.83. The summed E-state index contributed by atoms with van der Waals surface area (Å²) >= 11 is 1.49. The zero-order chi connectivity index (χ0) is 20.6. The Bertz CT molecular complexity index is 980. The second-order valence-corrected chi connectivity index (χ2v) is 8.37. The molecule has 3 aromatic rings. The Hall–Kier alpha value is -2.79. The van der Waals surface area contributed by atoms with Crippen LogP contribution in [0, 0.1) is 0 Å². The molecule has 1 unspecified atom stereocenters. The molecule has 0 aliphatic rings. The normalized spacial score (nSPS) is 11.8. The van der Waals surface area contributed by atoms with E-state index in [9.17, 15) is 9.59 Å². The van der Waals surface area contributed by atoms with E-state index in [1.807, 2.05) is 73.7 Å². The van der Waals surface area contributed by atoms with Crippen LogP contribution in [0.25, 0.3) is 10.8 Å². The molecule has 0 spiro atoms. The summed E-state index contributed by atoms with van der Waals surface area (Å²) in [6, 6.07) is 21.5. The van der Waals surface area contributed by atoms with Gasteiger partial charge in [-0.05, 0) is 49.1 Å². The van der Waals surface area contributed by atoms with Crippen LogP contribution in [-0.2, 0) is 9.59 Å². The first-order chi connectivity index (χ1) is 14.1. The van der Waals surface area contributed by atoms with Gasteiger partial charge in [-0.2, -0.15) is 0 Å². The average Bonchev–Trinajstić information content (AvgIpc) is 2.74. The monoisotopic (exact) mass is 406 g/mol. The molecule has 0 aliphatic heterocycles. The Kier molecular flexibility index (Phi) is 7.30. The van der Waals surface area contributed by atoms with Crippen molar-refractivity contribution < 1.29 is 9.59 Å². The van der Waals surface area contributed by atoms with Crippen molar-refractivity contribution >= 4 is 45.7 Å². The van der Waals surface area contributed by atoms with Crippen LogP contribution in [0.2, 0.25) is 0 Å². The number of anilines is 2. The number of benzene rings is 3. The van der Waals surface area contributed by atoms with Crippen LogP contribution in [0.15, 0.2) is 71.6 Å². The molecule has 150 valence electrons. The van der Waals surface area contributed by atoms with Gasteiger partial charge in [-0.15, -0.1) is 11.8 Å². The molecule has 5 heteroatoms. The Morgan fingerprint density at radius 1 is 0.931 bits per heavy atom. The maximum absolute atomic E-state index is 12.7. The summed E-state index contributed by atoms with van der Waals surface area (Å²) in [5.41, 5.74) is 1.61. The predicted molar refractivity (Wildman–Crippen MR) is 122 cm³/mol. The number of amides is 2. The number of thioether (sulfide) groups is 1. The van der Waals surface area contributed by atoms with Crippen molar-refractivity contribution in [2.45, 2.75) is 43.3 Å². The van der Waals surface area contributed by atoms with Crippen molar-refractivity contribution in [2.75, 3.05) is 10.6 Å². The molecule has 3 aromatic carbocycles. The Labute approximate surface area is 176 Å². The predicted octanol–water partition coefficient (Wildman–Crippen LogP) is 6.09. The minimum absolute atomic E-state index is 0.0371. The first kappa shape index (κ1) is 20.9. The second-order valence-electron chi connectivity index (χ2n) is 6.95. The lowest BCUT2D eigenvalue weighted by molar-refractivity contribution is -0.116. The number of nitrogens with one attached hydrogen (secondary N) is 2. The fraction of sp³-hybridized carbons (Fsp3) is 0.250. The Balaban J connectivity index is 1.58. The highest BCUT2D eigenvalue weighted by Crippen LogP contribution is 2.27. The van der Waals surface area contributed by atoms with Gasteiger partial charge in [0.15, 0.2) is 0 Å². The molecular weight excluding hydrogens is 380 g/mol. The smallest absolute Gasteiger partial charge is 0.237 e. The molecule has 0 heterocycles. The first-order valence-electron chi connectivity index (χ1n) is 9.92. The molecule has 0 saturated heterocycles. The first-order valence-corrected chi connectivity index (χ1v) is 10.8. The third-order valence-corrected chi connectivity index (χ3v) is 5.74. The zero-order valence-corrected chi connectivity index (χ0v) is 17.6. The fourth-order valence-electron chi connectivity index (χ4n) is 3.00. The molecule has 4 nitrogen and oxygen atoms in total. The third-order valence-electron chi connectivity index (χ3n) is 4.63. The molecule has 0 bridgehead atoms. The summed E-state index contributed by atoms with van der Waals surface area (Å²) in [4.78, 5) is 25.5. The quantitative estimate of drug-likeness (QED) is 0.445. The van der Waals surface area contributed by atoms with Crippen LogP contribution in [-0.4, -0.2) is 17.1 Å². The topological polar surface area (TPSA) is 58.2 Å². The number of unbranched alkanes of at least 4 members (excludes halogenated alkanes) is 1. The molecule has 3 rings (SSSR count). The van der Waals surface area contributed by atoms with Gasteiger partial charge in [-0.3, -0.25) is 9.59 Å². The van der Waals surface area contributed by atoms with E-state index in [4.69, 9.17) is 0 Å². The van der Waals surface area contributed by atoms with Crippen molar-refractivity contribution in [1.82, 2.24) is 0 Å². The van der Waals surface area contributed by atoms with Crippen molar-refractivity contribution in [3.05, 3.63) is 66.7 Å². The lowest BCUT2D eigenvalue weighted by Gasteiger charge is -2.14. The molecular formula is C24H26N2O2S. The van der Waals surface area contributed by atoms with Crippen molar-refractivity contribution in [2.24, 2.45) is 0 Å². The van der Waals surface area contributed by atoms with Crippen molar-refractivity contribution in [3.63, 3.8) is 0 Å². The summed E-state index contributed by atoms with van der Waals surface area (Å²) in [5.74, 6) is -0.00150. The number of rotatable bonds is 8. The van der Waals surface area contributed by atoms with E-state index < -0.39 is 0 Å². The van der Waals surface area contributed by atoms with Gasteiger partial charge >= 0.3 is 0 Å². The van der Waals surface area contributed by atoms with Crippen LogP contribution in [0.1, 0.15) is 33.1 Å². The number of fused-ring (bicyclic) bond motifs is 1. The summed E-state index contributed by atoms with van der Waals surface area (Å²) in [6.45, 7) is 3.96. The second kappa shape index (κ2) is 10.1. The maximum Gasteiger partial charge on any atom is 0.237 e. The fourth-order valence-corrected chi connectivity index (χ4v) is 3.87. The SMILES string of the molecule is CCCCC(=O)Nc1ccc(SC(C)C(=O)Nc2cccc3ccccc23)cc1. The maximum atomic E-state index is 12.7. The van der Waals surface area contributed by atoms with Gasteiger partial charge < -0.3 is 10.6 Å². The Morgan fingerprint density at radius 3 is 2.41 bits per heavy atom. The van der Waals surface area contributed by atoms with Crippen molar-refractivity contribution in [3.8, 4) is 0 Å². The highest BCUT2D eigenvalue weighted by Gasteiger charge is 2.15. The van der Waals surface area contributed by atoms with Crippen LogP contribution in [0.5, 0.6) is 0 Å².